The van der Waals surface area contributed by atoms with Gasteiger partial charge in [0.15, 0.2) is 0 Å². The van der Waals surface area contributed by atoms with Gasteiger partial charge in [-0.05, 0) is 23.8 Å². The van der Waals surface area contributed by atoms with Crippen LogP contribution in [0, 0.1) is 11.3 Å². The largest absolute Gasteiger partial charge is 0.418 e. The van der Waals surface area contributed by atoms with Crippen LogP contribution in [0.15, 0.2) is 24.4 Å². The summed E-state index contributed by atoms with van der Waals surface area (Å²) < 4.78 is 38.7. The highest BCUT2D eigenvalue weighted by Gasteiger charge is 2.34. The standard InChI is InChI=1S/C14H6Cl3F3N2/c15-10-2-1-8(12(16)13(10)17)11-5-7(3-4-21)9(6-22-11)14(18,19)20/h1-2,5-6H,3H2. The van der Waals surface area contributed by atoms with Crippen LogP contribution in [0.4, 0.5) is 13.2 Å². The first kappa shape index (κ1) is 16.9. The zero-order valence-corrected chi connectivity index (χ0v) is 12.9. The minimum atomic E-state index is -4.58. The third-order valence-electron chi connectivity index (χ3n) is 2.88. The summed E-state index contributed by atoms with van der Waals surface area (Å²) in [4.78, 5) is 3.77. The van der Waals surface area contributed by atoms with Crippen LogP contribution < -0.4 is 0 Å². The predicted octanol–water partition coefficient (Wildman–Crippen LogP) is 5.79. The number of nitriles is 1. The van der Waals surface area contributed by atoms with E-state index in [1.54, 1.807) is 6.07 Å². The van der Waals surface area contributed by atoms with E-state index in [1.165, 1.54) is 18.2 Å². The molecule has 0 aliphatic carbocycles. The van der Waals surface area contributed by atoms with E-state index in [-0.39, 0.29) is 26.3 Å². The summed E-state index contributed by atoms with van der Waals surface area (Å²) in [6.07, 6.45) is -4.30. The highest BCUT2D eigenvalue weighted by atomic mass is 35.5. The van der Waals surface area contributed by atoms with Gasteiger partial charge >= 0.3 is 6.18 Å². The molecule has 0 amide bonds. The quantitative estimate of drug-likeness (QED) is 0.631. The Morgan fingerprint density at radius 3 is 2.41 bits per heavy atom. The summed E-state index contributed by atoms with van der Waals surface area (Å²) in [6.45, 7) is 0. The molecule has 1 aromatic heterocycles. The van der Waals surface area contributed by atoms with Gasteiger partial charge in [-0.3, -0.25) is 4.98 Å². The smallest absolute Gasteiger partial charge is 0.256 e. The Morgan fingerprint density at radius 2 is 1.82 bits per heavy atom. The van der Waals surface area contributed by atoms with Crippen molar-refractivity contribution in [1.82, 2.24) is 4.98 Å². The average Bonchev–Trinajstić information content (AvgIpc) is 2.44. The maximum absolute atomic E-state index is 12.9. The maximum atomic E-state index is 12.9. The second kappa shape index (κ2) is 6.33. The van der Waals surface area contributed by atoms with Crippen LogP contribution in [0.2, 0.25) is 15.1 Å². The van der Waals surface area contributed by atoms with E-state index in [4.69, 9.17) is 40.1 Å². The number of nitrogens with zero attached hydrogens (tertiary/aromatic N) is 2. The van der Waals surface area contributed by atoms with Crippen LogP contribution in [0.3, 0.4) is 0 Å². The molecule has 8 heteroatoms. The van der Waals surface area contributed by atoms with Crippen molar-refractivity contribution in [1.29, 1.82) is 5.26 Å². The van der Waals surface area contributed by atoms with E-state index < -0.39 is 18.2 Å². The van der Waals surface area contributed by atoms with Crippen LogP contribution in [-0.4, -0.2) is 4.98 Å². The summed E-state index contributed by atoms with van der Waals surface area (Å²) in [5.41, 5.74) is -0.609. The average molecular weight is 366 g/mol. The molecule has 1 heterocycles. The van der Waals surface area contributed by atoms with E-state index >= 15 is 0 Å². The number of pyridine rings is 1. The summed E-state index contributed by atoms with van der Waals surface area (Å²) in [5.74, 6) is 0. The first-order valence-corrected chi connectivity index (χ1v) is 6.96. The number of aromatic nitrogens is 1. The summed E-state index contributed by atoms with van der Waals surface area (Å²) in [7, 11) is 0. The minimum absolute atomic E-state index is 0.0873. The number of rotatable bonds is 2. The maximum Gasteiger partial charge on any atom is 0.418 e. The monoisotopic (exact) mass is 364 g/mol. The van der Waals surface area contributed by atoms with Crippen LogP contribution in [0.5, 0.6) is 0 Å². The van der Waals surface area contributed by atoms with Crippen molar-refractivity contribution < 1.29 is 13.2 Å². The van der Waals surface area contributed by atoms with Crippen molar-refractivity contribution >= 4 is 34.8 Å². The molecule has 0 fully saturated rings. The first-order valence-electron chi connectivity index (χ1n) is 5.82. The molecule has 0 aliphatic rings. The Labute approximate surface area is 139 Å². The molecular formula is C14H6Cl3F3N2. The molecule has 1 aromatic carbocycles. The van der Waals surface area contributed by atoms with Gasteiger partial charge in [0.2, 0.25) is 0 Å². The lowest BCUT2D eigenvalue weighted by atomic mass is 10.0. The number of benzene rings is 1. The molecule has 114 valence electrons. The molecule has 0 bridgehead atoms. The van der Waals surface area contributed by atoms with E-state index in [9.17, 15) is 13.2 Å². The Balaban J connectivity index is 2.62. The highest BCUT2D eigenvalue weighted by Crippen LogP contribution is 2.39. The van der Waals surface area contributed by atoms with Crippen LogP contribution >= 0.6 is 34.8 Å². The van der Waals surface area contributed by atoms with Gasteiger partial charge in [0.05, 0.1) is 38.8 Å². The summed E-state index contributed by atoms with van der Waals surface area (Å²) >= 11 is 17.8. The van der Waals surface area contributed by atoms with Gasteiger partial charge in [0.1, 0.15) is 0 Å². The SMILES string of the molecule is N#CCc1cc(-c2ccc(Cl)c(Cl)c2Cl)ncc1C(F)(F)F. The van der Waals surface area contributed by atoms with Crippen LogP contribution in [0.1, 0.15) is 11.1 Å². The molecule has 2 rings (SSSR count). The fourth-order valence-electron chi connectivity index (χ4n) is 1.85. The molecule has 2 aromatic rings. The third-order valence-corrected chi connectivity index (χ3v) is 4.17. The fraction of sp³-hybridized carbons (Fsp3) is 0.143. The molecule has 0 atom stereocenters. The second-order valence-electron chi connectivity index (χ2n) is 4.28. The van der Waals surface area contributed by atoms with Crippen molar-refractivity contribution in [2.45, 2.75) is 12.6 Å². The number of hydrogen-bond acceptors (Lipinski definition) is 2. The van der Waals surface area contributed by atoms with E-state index in [0.29, 0.717) is 11.8 Å². The van der Waals surface area contributed by atoms with Crippen molar-refractivity contribution in [3.05, 3.63) is 50.6 Å². The molecule has 0 aliphatic heterocycles. The second-order valence-corrected chi connectivity index (χ2v) is 5.45. The zero-order valence-electron chi connectivity index (χ0n) is 10.7. The molecule has 0 N–H and O–H groups in total. The highest BCUT2D eigenvalue weighted by molar-refractivity contribution is 6.49. The normalized spacial score (nSPS) is 11.3. The lowest BCUT2D eigenvalue weighted by Gasteiger charge is -2.13. The van der Waals surface area contributed by atoms with Gasteiger partial charge < -0.3 is 0 Å². The molecular weight excluding hydrogens is 360 g/mol. The van der Waals surface area contributed by atoms with E-state index in [1.807, 2.05) is 0 Å². The van der Waals surface area contributed by atoms with Crippen LogP contribution in [-0.2, 0) is 12.6 Å². The lowest BCUT2D eigenvalue weighted by molar-refractivity contribution is -0.138. The van der Waals surface area contributed by atoms with Crippen molar-refractivity contribution in [3.63, 3.8) is 0 Å². The number of halogens is 6. The third kappa shape index (κ3) is 3.30. The van der Waals surface area contributed by atoms with Gasteiger partial charge in [0, 0.05) is 11.8 Å². The predicted molar refractivity (Wildman–Crippen MR) is 79.0 cm³/mol. The van der Waals surface area contributed by atoms with E-state index in [0.717, 1.165) is 0 Å². The molecule has 0 saturated carbocycles. The Bertz CT molecular complexity index is 767. The van der Waals surface area contributed by atoms with Crippen molar-refractivity contribution in [2.24, 2.45) is 0 Å². The van der Waals surface area contributed by atoms with Crippen molar-refractivity contribution in [2.75, 3.05) is 0 Å². The lowest BCUT2D eigenvalue weighted by Crippen LogP contribution is -2.10. The number of hydrogen-bond donors (Lipinski definition) is 0. The Morgan fingerprint density at radius 1 is 1.14 bits per heavy atom. The van der Waals surface area contributed by atoms with Gasteiger partial charge in [-0.1, -0.05) is 34.8 Å². The minimum Gasteiger partial charge on any atom is -0.256 e. The molecule has 0 spiro atoms. The van der Waals surface area contributed by atoms with Crippen LogP contribution in [0.25, 0.3) is 11.3 Å². The van der Waals surface area contributed by atoms with Gasteiger partial charge in [-0.2, -0.15) is 18.4 Å². The van der Waals surface area contributed by atoms with E-state index in [2.05, 4.69) is 4.98 Å². The Kier molecular flexibility index (Phi) is 4.86. The Hall–Kier alpha value is -1.48. The van der Waals surface area contributed by atoms with Gasteiger partial charge in [-0.15, -0.1) is 0 Å². The molecule has 0 saturated heterocycles. The molecule has 22 heavy (non-hydrogen) atoms. The molecule has 2 nitrogen and oxygen atoms in total. The summed E-state index contributed by atoms with van der Waals surface area (Å²) in [6, 6.07) is 5.85. The molecule has 0 unspecified atom stereocenters. The first-order chi connectivity index (χ1) is 10.3. The molecule has 0 radical (unpaired) electrons. The zero-order chi connectivity index (χ0) is 16.5. The summed E-state index contributed by atoms with van der Waals surface area (Å²) in [5, 5.41) is 9.10. The van der Waals surface area contributed by atoms with Gasteiger partial charge in [0.25, 0.3) is 0 Å². The number of alkyl halides is 3. The van der Waals surface area contributed by atoms with Gasteiger partial charge in [-0.25, -0.2) is 0 Å². The topological polar surface area (TPSA) is 36.7 Å². The van der Waals surface area contributed by atoms with Crippen molar-refractivity contribution in [3.8, 4) is 17.3 Å². The fourth-order valence-corrected chi connectivity index (χ4v) is 2.49.